The van der Waals surface area contributed by atoms with Crippen LogP contribution in [0.4, 0.5) is 10.1 Å². The van der Waals surface area contributed by atoms with Gasteiger partial charge in [0.1, 0.15) is 5.76 Å². The van der Waals surface area contributed by atoms with E-state index in [-0.39, 0.29) is 5.58 Å². The number of hydrogen-bond acceptors (Lipinski definition) is 3. The van der Waals surface area contributed by atoms with Crippen LogP contribution in [0.15, 0.2) is 47.0 Å². The highest BCUT2D eigenvalue weighted by atomic mass is 35.5. The highest BCUT2D eigenvalue weighted by molar-refractivity contribution is 7.92. The Hall–Kier alpha value is -2.51. The fraction of sp³-hybridized carbons (Fsp3) is 0.304. The Labute approximate surface area is 184 Å². The first-order valence-corrected chi connectivity index (χ1v) is 12.3. The van der Waals surface area contributed by atoms with Crippen LogP contribution in [-0.2, 0) is 22.5 Å². The van der Waals surface area contributed by atoms with E-state index in [1.165, 1.54) is 6.07 Å². The molecule has 0 bridgehead atoms. The average molecular weight is 461 g/mol. The molecule has 4 aromatic rings. The molecule has 8 heteroatoms. The summed E-state index contributed by atoms with van der Waals surface area (Å²) < 4.78 is 48.9. The molecule has 1 saturated carbocycles. The molecule has 2 aromatic heterocycles. The molecule has 1 aliphatic rings. The van der Waals surface area contributed by atoms with Gasteiger partial charge in [0.05, 0.1) is 22.9 Å². The fourth-order valence-corrected chi connectivity index (χ4v) is 5.49. The summed E-state index contributed by atoms with van der Waals surface area (Å²) in [5.74, 6) is 0.535. The van der Waals surface area contributed by atoms with Crippen molar-refractivity contribution < 1.29 is 17.2 Å². The summed E-state index contributed by atoms with van der Waals surface area (Å²) in [5.41, 5.74) is 2.04. The Morgan fingerprint density at radius 3 is 2.68 bits per heavy atom. The normalized spacial score (nSPS) is 16.7. The topological polar surface area (TPSA) is 64.2 Å². The van der Waals surface area contributed by atoms with E-state index in [1.807, 2.05) is 36.0 Å². The number of nitrogens with one attached hydrogen (secondary N) is 1. The van der Waals surface area contributed by atoms with Gasteiger partial charge in [0.15, 0.2) is 11.4 Å². The van der Waals surface area contributed by atoms with E-state index >= 15 is 0 Å². The second-order valence-corrected chi connectivity index (χ2v) is 10.8. The van der Waals surface area contributed by atoms with Crippen molar-refractivity contribution in [1.82, 2.24) is 4.57 Å². The van der Waals surface area contributed by atoms with E-state index in [1.54, 1.807) is 12.1 Å². The number of nitrogens with zero attached hydrogens (tertiary/aromatic N) is 1. The maximum atomic E-state index is 14.5. The van der Waals surface area contributed by atoms with E-state index in [0.29, 0.717) is 27.8 Å². The number of benzene rings is 2. The fourth-order valence-electron chi connectivity index (χ4n) is 4.71. The maximum absolute atomic E-state index is 14.5. The lowest BCUT2D eigenvalue weighted by atomic mass is 9.75. The highest BCUT2D eigenvalue weighted by Crippen LogP contribution is 2.54. The van der Waals surface area contributed by atoms with Crippen LogP contribution in [0, 0.1) is 11.7 Å². The molecule has 0 spiro atoms. The molecule has 0 aliphatic heterocycles. The zero-order valence-corrected chi connectivity index (χ0v) is 18.9. The molecule has 1 atom stereocenters. The van der Waals surface area contributed by atoms with Crippen LogP contribution in [0.2, 0.25) is 5.02 Å². The summed E-state index contributed by atoms with van der Waals surface area (Å²) in [7, 11) is -1.54. The van der Waals surface area contributed by atoms with Gasteiger partial charge >= 0.3 is 0 Å². The lowest BCUT2D eigenvalue weighted by molar-refractivity contribution is 0.385. The lowest BCUT2D eigenvalue weighted by Crippen LogP contribution is -2.25. The quantitative estimate of drug-likeness (QED) is 0.409. The van der Waals surface area contributed by atoms with Crippen LogP contribution in [-0.4, -0.2) is 19.2 Å². The highest BCUT2D eigenvalue weighted by Gasteiger charge is 2.48. The summed E-state index contributed by atoms with van der Waals surface area (Å²) in [6, 6.07) is 10.4. The smallest absolute Gasteiger partial charge is 0.229 e. The minimum absolute atomic E-state index is 0.200. The zero-order valence-electron chi connectivity index (χ0n) is 17.4. The number of para-hydroxylation sites is 1. The first-order valence-electron chi connectivity index (χ1n) is 10.0. The van der Waals surface area contributed by atoms with E-state index in [9.17, 15) is 12.8 Å². The van der Waals surface area contributed by atoms with Crippen LogP contribution in [0.5, 0.6) is 0 Å². The molecular weight excluding hydrogens is 439 g/mol. The SMILES string of the molecule is Cn1cc(C(C)(c2cc3cc(Cl)cc(F)c3o2)C2CC2)c2cccc(NS(C)(=O)=O)c21. The van der Waals surface area contributed by atoms with Gasteiger partial charge in [0, 0.05) is 29.0 Å². The van der Waals surface area contributed by atoms with Gasteiger partial charge in [-0.3, -0.25) is 4.72 Å². The molecule has 0 saturated heterocycles. The predicted octanol–water partition coefficient (Wildman–Crippen LogP) is 5.80. The van der Waals surface area contributed by atoms with Crippen LogP contribution < -0.4 is 4.72 Å². The molecule has 5 rings (SSSR count). The number of aromatic nitrogens is 1. The molecule has 0 amide bonds. The molecule has 1 fully saturated rings. The van der Waals surface area contributed by atoms with Crippen molar-refractivity contribution in [3.8, 4) is 0 Å². The van der Waals surface area contributed by atoms with Crippen molar-refractivity contribution >= 4 is 49.2 Å². The second kappa shape index (κ2) is 6.74. The Bertz CT molecular complexity index is 1450. The summed E-state index contributed by atoms with van der Waals surface area (Å²) in [6.07, 6.45) is 5.23. The molecule has 31 heavy (non-hydrogen) atoms. The van der Waals surface area contributed by atoms with Gasteiger partial charge in [0.25, 0.3) is 0 Å². The number of fused-ring (bicyclic) bond motifs is 2. The summed E-state index contributed by atoms with van der Waals surface area (Å²) in [4.78, 5) is 0. The van der Waals surface area contributed by atoms with Gasteiger partial charge < -0.3 is 8.98 Å². The maximum Gasteiger partial charge on any atom is 0.229 e. The first kappa shape index (κ1) is 20.4. The van der Waals surface area contributed by atoms with Gasteiger partial charge in [-0.1, -0.05) is 23.7 Å². The van der Waals surface area contributed by atoms with Crippen LogP contribution in [0.3, 0.4) is 0 Å². The molecule has 162 valence electrons. The van der Waals surface area contributed by atoms with Crippen LogP contribution >= 0.6 is 11.6 Å². The number of furan rings is 1. The van der Waals surface area contributed by atoms with Gasteiger partial charge in [0.2, 0.25) is 10.0 Å². The van der Waals surface area contributed by atoms with Gasteiger partial charge in [-0.25, -0.2) is 12.8 Å². The van der Waals surface area contributed by atoms with E-state index in [2.05, 4.69) is 11.6 Å². The number of halogens is 2. The molecule has 1 N–H and O–H groups in total. The largest absolute Gasteiger partial charge is 0.457 e. The monoisotopic (exact) mass is 460 g/mol. The van der Waals surface area contributed by atoms with Crippen LogP contribution in [0.25, 0.3) is 21.9 Å². The van der Waals surface area contributed by atoms with Gasteiger partial charge in [-0.2, -0.15) is 0 Å². The number of hydrogen-bond donors (Lipinski definition) is 1. The summed E-state index contributed by atoms with van der Waals surface area (Å²) in [5, 5.41) is 1.89. The number of anilines is 1. The average Bonchev–Trinajstić information content (AvgIpc) is 3.34. The van der Waals surface area contributed by atoms with Crippen molar-refractivity contribution in [1.29, 1.82) is 0 Å². The van der Waals surface area contributed by atoms with E-state index in [0.717, 1.165) is 35.6 Å². The lowest BCUT2D eigenvalue weighted by Gasteiger charge is -2.27. The second-order valence-electron chi connectivity index (χ2n) is 8.62. The summed E-state index contributed by atoms with van der Waals surface area (Å²) in [6.45, 7) is 2.12. The predicted molar refractivity (Wildman–Crippen MR) is 122 cm³/mol. The minimum Gasteiger partial charge on any atom is -0.457 e. The minimum atomic E-state index is -3.43. The van der Waals surface area contributed by atoms with Crippen molar-refractivity contribution in [2.45, 2.75) is 25.2 Å². The molecular formula is C23H22ClFN2O3S. The van der Waals surface area contributed by atoms with Crippen molar-refractivity contribution in [3.63, 3.8) is 0 Å². The number of aryl methyl sites for hydroxylation is 1. The molecule has 2 aromatic carbocycles. The first-order chi connectivity index (χ1) is 14.6. The van der Waals surface area contributed by atoms with E-state index < -0.39 is 21.3 Å². The van der Waals surface area contributed by atoms with Crippen molar-refractivity contribution in [2.75, 3.05) is 11.0 Å². The van der Waals surface area contributed by atoms with Crippen LogP contribution in [0.1, 0.15) is 31.1 Å². The molecule has 1 unspecified atom stereocenters. The standard InChI is InChI=1S/C23H22ClFN2O3S/c1-23(14-7-8-14,20-10-13-9-15(24)11-18(25)22(13)30-20)17-12-27(2)21-16(17)5-4-6-19(21)26-31(3,28)29/h4-6,9-12,14,26H,7-8H2,1-3H3. The Balaban J connectivity index is 1.75. The Morgan fingerprint density at radius 1 is 1.26 bits per heavy atom. The number of sulfonamides is 1. The van der Waals surface area contributed by atoms with Gasteiger partial charge in [-0.05, 0) is 55.5 Å². The third kappa shape index (κ3) is 3.31. The molecule has 2 heterocycles. The number of rotatable bonds is 5. The zero-order chi connectivity index (χ0) is 22.1. The van der Waals surface area contributed by atoms with Crippen molar-refractivity contribution in [2.24, 2.45) is 13.0 Å². The Kier molecular flexibility index (Phi) is 4.44. The third-order valence-corrected chi connectivity index (χ3v) is 7.11. The summed E-state index contributed by atoms with van der Waals surface area (Å²) >= 11 is 6.05. The molecule has 0 radical (unpaired) electrons. The van der Waals surface area contributed by atoms with Gasteiger partial charge in [-0.15, -0.1) is 0 Å². The molecule has 5 nitrogen and oxygen atoms in total. The van der Waals surface area contributed by atoms with Crippen molar-refractivity contribution in [3.05, 3.63) is 64.8 Å². The molecule has 1 aliphatic carbocycles. The third-order valence-electron chi connectivity index (χ3n) is 6.30. The van der Waals surface area contributed by atoms with E-state index in [4.69, 9.17) is 16.0 Å². The Morgan fingerprint density at radius 2 is 2.00 bits per heavy atom.